The van der Waals surface area contributed by atoms with Crippen molar-refractivity contribution in [3.8, 4) is 16.9 Å². The molecule has 4 rings (SSSR count). The standard InChI is InChI=1S/C23H23F2N5/c1-16-5-3-4-6-20(16)23-18(13-26-10-9-17-12-27-29(2)14-17)15-30(28-23)22-8-7-19(24)11-21(22)25/h3-8,11-12,14-15,26H,9-10,13H2,1-2H3. The first kappa shape index (κ1) is 20.0. The summed E-state index contributed by atoms with van der Waals surface area (Å²) in [6, 6.07) is 11.5. The van der Waals surface area contributed by atoms with Gasteiger partial charge in [-0.15, -0.1) is 0 Å². The molecule has 0 aliphatic carbocycles. The van der Waals surface area contributed by atoms with Gasteiger partial charge in [-0.25, -0.2) is 13.5 Å². The van der Waals surface area contributed by atoms with E-state index in [0.29, 0.717) is 6.54 Å². The summed E-state index contributed by atoms with van der Waals surface area (Å²) < 4.78 is 30.9. The van der Waals surface area contributed by atoms with Crippen LogP contribution in [0.15, 0.2) is 61.1 Å². The number of rotatable bonds is 7. The van der Waals surface area contributed by atoms with Crippen LogP contribution < -0.4 is 5.32 Å². The Labute approximate surface area is 174 Å². The van der Waals surface area contributed by atoms with Gasteiger partial charge in [-0.2, -0.15) is 10.2 Å². The topological polar surface area (TPSA) is 47.7 Å². The predicted octanol–water partition coefficient (Wildman–Crippen LogP) is 4.19. The van der Waals surface area contributed by atoms with E-state index in [4.69, 9.17) is 0 Å². The van der Waals surface area contributed by atoms with E-state index in [2.05, 4.69) is 15.5 Å². The molecule has 154 valence electrons. The van der Waals surface area contributed by atoms with Crippen molar-refractivity contribution in [3.63, 3.8) is 0 Å². The monoisotopic (exact) mass is 407 g/mol. The van der Waals surface area contributed by atoms with Crippen LogP contribution in [0.2, 0.25) is 0 Å². The molecule has 5 nitrogen and oxygen atoms in total. The number of hydrogen-bond donors (Lipinski definition) is 1. The molecule has 0 saturated heterocycles. The lowest BCUT2D eigenvalue weighted by atomic mass is 10.0. The Kier molecular flexibility index (Phi) is 5.72. The minimum Gasteiger partial charge on any atom is -0.312 e. The fourth-order valence-corrected chi connectivity index (χ4v) is 3.45. The molecule has 2 aromatic carbocycles. The third-order valence-electron chi connectivity index (χ3n) is 5.01. The molecule has 0 saturated carbocycles. The minimum atomic E-state index is -0.648. The predicted molar refractivity (Wildman–Crippen MR) is 112 cm³/mol. The second-order valence-corrected chi connectivity index (χ2v) is 7.31. The van der Waals surface area contributed by atoms with Gasteiger partial charge in [0, 0.05) is 43.2 Å². The normalized spacial score (nSPS) is 11.2. The van der Waals surface area contributed by atoms with Crippen molar-refractivity contribution in [2.45, 2.75) is 19.9 Å². The van der Waals surface area contributed by atoms with Gasteiger partial charge in [0.05, 0.1) is 11.9 Å². The van der Waals surface area contributed by atoms with Gasteiger partial charge in [-0.1, -0.05) is 24.3 Å². The highest BCUT2D eigenvalue weighted by molar-refractivity contribution is 5.66. The van der Waals surface area contributed by atoms with Crippen LogP contribution in [0.5, 0.6) is 0 Å². The van der Waals surface area contributed by atoms with Gasteiger partial charge in [-0.05, 0) is 43.1 Å². The van der Waals surface area contributed by atoms with Crippen molar-refractivity contribution >= 4 is 0 Å². The summed E-state index contributed by atoms with van der Waals surface area (Å²) in [5.74, 6) is -1.26. The fraction of sp³-hybridized carbons (Fsp3) is 0.217. The highest BCUT2D eigenvalue weighted by Gasteiger charge is 2.16. The van der Waals surface area contributed by atoms with Crippen molar-refractivity contribution in [2.75, 3.05) is 6.54 Å². The molecule has 0 unspecified atom stereocenters. The SMILES string of the molecule is Cc1ccccc1-c1nn(-c2ccc(F)cc2F)cc1CNCCc1cnn(C)c1. The van der Waals surface area contributed by atoms with Crippen LogP contribution in [0, 0.1) is 18.6 Å². The maximum Gasteiger partial charge on any atom is 0.151 e. The van der Waals surface area contributed by atoms with Gasteiger partial charge in [0.25, 0.3) is 0 Å². The number of hydrogen-bond acceptors (Lipinski definition) is 3. The second-order valence-electron chi connectivity index (χ2n) is 7.31. The lowest BCUT2D eigenvalue weighted by Gasteiger charge is -2.07. The van der Waals surface area contributed by atoms with Crippen LogP contribution in [-0.2, 0) is 20.0 Å². The summed E-state index contributed by atoms with van der Waals surface area (Å²) in [5.41, 5.74) is 5.17. The molecule has 0 aliphatic heterocycles. The smallest absolute Gasteiger partial charge is 0.151 e. The maximum atomic E-state index is 14.3. The van der Waals surface area contributed by atoms with E-state index in [-0.39, 0.29) is 5.69 Å². The second kappa shape index (κ2) is 8.59. The Morgan fingerprint density at radius 3 is 2.63 bits per heavy atom. The van der Waals surface area contributed by atoms with E-state index >= 15 is 0 Å². The third kappa shape index (κ3) is 4.31. The molecule has 1 N–H and O–H groups in total. The summed E-state index contributed by atoms with van der Waals surface area (Å²) >= 11 is 0. The Hall–Kier alpha value is -3.32. The lowest BCUT2D eigenvalue weighted by molar-refractivity contribution is 0.573. The molecule has 0 bridgehead atoms. The van der Waals surface area contributed by atoms with Crippen LogP contribution >= 0.6 is 0 Å². The highest BCUT2D eigenvalue weighted by atomic mass is 19.1. The minimum absolute atomic E-state index is 0.216. The molecule has 0 aliphatic rings. The zero-order valence-electron chi connectivity index (χ0n) is 16.9. The van der Waals surface area contributed by atoms with Crippen LogP contribution in [0.25, 0.3) is 16.9 Å². The molecule has 30 heavy (non-hydrogen) atoms. The number of nitrogens with zero attached hydrogens (tertiary/aromatic N) is 4. The first-order chi connectivity index (χ1) is 14.5. The van der Waals surface area contributed by atoms with Crippen LogP contribution in [-0.4, -0.2) is 26.1 Å². The van der Waals surface area contributed by atoms with E-state index in [1.807, 2.05) is 50.6 Å². The number of nitrogens with one attached hydrogen (secondary N) is 1. The molecule has 0 fully saturated rings. The average molecular weight is 407 g/mol. The van der Waals surface area contributed by atoms with E-state index in [1.54, 1.807) is 10.9 Å². The third-order valence-corrected chi connectivity index (χ3v) is 5.01. The molecule has 2 heterocycles. The molecule has 2 aromatic heterocycles. The molecule has 0 spiro atoms. The Balaban J connectivity index is 1.60. The molecular formula is C23H23F2N5. The number of aryl methyl sites for hydroxylation is 2. The fourth-order valence-electron chi connectivity index (χ4n) is 3.45. The van der Waals surface area contributed by atoms with Gasteiger partial charge >= 0.3 is 0 Å². The van der Waals surface area contributed by atoms with Gasteiger partial charge in [0.15, 0.2) is 5.82 Å². The molecule has 0 radical (unpaired) electrons. The molecule has 0 atom stereocenters. The van der Waals surface area contributed by atoms with Gasteiger partial charge in [0.2, 0.25) is 0 Å². The lowest BCUT2D eigenvalue weighted by Crippen LogP contribution is -2.16. The summed E-state index contributed by atoms with van der Waals surface area (Å²) in [4.78, 5) is 0. The Morgan fingerprint density at radius 1 is 1.07 bits per heavy atom. The van der Waals surface area contributed by atoms with E-state index in [1.165, 1.54) is 16.8 Å². The first-order valence-electron chi connectivity index (χ1n) is 9.79. The summed E-state index contributed by atoms with van der Waals surface area (Å²) in [7, 11) is 1.90. The zero-order valence-corrected chi connectivity index (χ0v) is 16.9. The van der Waals surface area contributed by atoms with Crippen LogP contribution in [0.1, 0.15) is 16.7 Å². The first-order valence-corrected chi connectivity index (χ1v) is 9.79. The van der Waals surface area contributed by atoms with Gasteiger partial charge in [0.1, 0.15) is 11.5 Å². The molecule has 4 aromatic rings. The van der Waals surface area contributed by atoms with Crippen molar-refractivity contribution in [1.82, 2.24) is 24.9 Å². The Morgan fingerprint density at radius 2 is 1.90 bits per heavy atom. The maximum absolute atomic E-state index is 14.3. The summed E-state index contributed by atoms with van der Waals surface area (Å²) in [6.07, 6.45) is 6.51. The Bertz CT molecular complexity index is 1160. The quantitative estimate of drug-likeness (QED) is 0.467. The van der Waals surface area contributed by atoms with Crippen molar-refractivity contribution < 1.29 is 8.78 Å². The van der Waals surface area contributed by atoms with Crippen molar-refractivity contribution in [2.24, 2.45) is 7.05 Å². The number of benzene rings is 2. The zero-order chi connectivity index (χ0) is 21.1. The number of halogens is 2. The molecule has 0 amide bonds. The molecular weight excluding hydrogens is 384 g/mol. The van der Waals surface area contributed by atoms with E-state index in [0.717, 1.165) is 47.0 Å². The van der Waals surface area contributed by atoms with Crippen molar-refractivity contribution in [3.05, 3.63) is 89.4 Å². The van der Waals surface area contributed by atoms with Crippen molar-refractivity contribution in [1.29, 1.82) is 0 Å². The summed E-state index contributed by atoms with van der Waals surface area (Å²) in [5, 5.41) is 12.3. The van der Waals surface area contributed by atoms with E-state index in [9.17, 15) is 8.78 Å². The highest BCUT2D eigenvalue weighted by Crippen LogP contribution is 2.27. The average Bonchev–Trinajstić information content (AvgIpc) is 3.32. The van der Waals surface area contributed by atoms with Crippen LogP contribution in [0.4, 0.5) is 8.78 Å². The largest absolute Gasteiger partial charge is 0.312 e. The molecule has 7 heteroatoms. The summed E-state index contributed by atoms with van der Waals surface area (Å²) in [6.45, 7) is 3.37. The van der Waals surface area contributed by atoms with E-state index < -0.39 is 11.6 Å². The number of aromatic nitrogens is 4. The van der Waals surface area contributed by atoms with Gasteiger partial charge < -0.3 is 5.32 Å². The van der Waals surface area contributed by atoms with Gasteiger partial charge in [-0.3, -0.25) is 4.68 Å². The van der Waals surface area contributed by atoms with Crippen LogP contribution in [0.3, 0.4) is 0 Å².